The van der Waals surface area contributed by atoms with E-state index in [1.54, 1.807) is 6.92 Å². The highest BCUT2D eigenvalue weighted by molar-refractivity contribution is 5.68. The molecule has 0 aliphatic heterocycles. The predicted molar refractivity (Wildman–Crippen MR) is 59.3 cm³/mol. The van der Waals surface area contributed by atoms with Crippen molar-refractivity contribution in [2.75, 3.05) is 23.7 Å². The van der Waals surface area contributed by atoms with E-state index in [2.05, 4.69) is 0 Å². The third-order valence-corrected chi connectivity index (χ3v) is 2.28. The Hall–Kier alpha value is -1.53. The number of benzene rings is 1. The molecule has 0 atom stereocenters. The molecule has 0 aliphatic rings. The van der Waals surface area contributed by atoms with Gasteiger partial charge >= 0.3 is 6.18 Å². The van der Waals surface area contributed by atoms with Crippen LogP contribution in [0.5, 0.6) is 0 Å². The second-order valence-corrected chi connectivity index (χ2v) is 3.86. The van der Waals surface area contributed by atoms with Crippen molar-refractivity contribution in [2.24, 2.45) is 0 Å². The molecule has 2 nitrogen and oxygen atoms in total. The van der Waals surface area contributed by atoms with Gasteiger partial charge in [-0.2, -0.15) is 13.2 Å². The van der Waals surface area contributed by atoms with Gasteiger partial charge in [0.1, 0.15) is 12.4 Å². The number of rotatable bonds is 4. The molecule has 0 heterocycles. The molecule has 0 saturated carbocycles. The predicted octanol–water partition coefficient (Wildman–Crippen LogP) is 3.33. The highest BCUT2D eigenvalue weighted by Crippen LogP contribution is 2.30. The number of nitrogens with two attached hydrogens (primary N) is 1. The van der Waals surface area contributed by atoms with Gasteiger partial charge in [0.05, 0.1) is 11.4 Å². The van der Waals surface area contributed by atoms with Gasteiger partial charge in [-0.1, -0.05) is 6.92 Å². The average molecular weight is 268 g/mol. The smallest absolute Gasteiger partial charge is 0.395 e. The Balaban J connectivity index is 3.13. The van der Waals surface area contributed by atoms with Crippen LogP contribution in [0.2, 0.25) is 0 Å². The number of halogens is 5. The fraction of sp³-hybridized carbons (Fsp3) is 0.455. The standard InChI is InChI=1S/C11H13F5N2/c1-2-3-18(6-11(14,15)16)9-5-7(12)4-8(13)10(9)17/h4-5H,2-3,6,17H2,1H3. The molecule has 1 aromatic rings. The quantitative estimate of drug-likeness (QED) is 0.670. The molecule has 0 aliphatic carbocycles. The lowest BCUT2D eigenvalue weighted by Crippen LogP contribution is -2.35. The number of nitrogen functional groups attached to an aromatic ring is 1. The summed E-state index contributed by atoms with van der Waals surface area (Å²) in [7, 11) is 0. The van der Waals surface area contributed by atoms with Crippen LogP contribution in [-0.4, -0.2) is 19.3 Å². The summed E-state index contributed by atoms with van der Waals surface area (Å²) in [6.45, 7) is 0.371. The van der Waals surface area contributed by atoms with Crippen LogP contribution in [-0.2, 0) is 0 Å². The molecule has 0 unspecified atom stereocenters. The molecule has 2 N–H and O–H groups in total. The van der Waals surface area contributed by atoms with Crippen LogP contribution >= 0.6 is 0 Å². The zero-order chi connectivity index (χ0) is 13.9. The first-order chi connectivity index (χ1) is 8.24. The molecule has 0 radical (unpaired) electrons. The van der Waals surface area contributed by atoms with Crippen LogP contribution in [0.15, 0.2) is 12.1 Å². The van der Waals surface area contributed by atoms with E-state index in [-0.39, 0.29) is 12.2 Å². The highest BCUT2D eigenvalue weighted by atomic mass is 19.4. The summed E-state index contributed by atoms with van der Waals surface area (Å²) in [6.07, 6.45) is -4.07. The van der Waals surface area contributed by atoms with Crippen molar-refractivity contribution < 1.29 is 22.0 Å². The van der Waals surface area contributed by atoms with Crippen molar-refractivity contribution in [2.45, 2.75) is 19.5 Å². The van der Waals surface area contributed by atoms with Crippen molar-refractivity contribution in [1.82, 2.24) is 0 Å². The molecule has 1 rings (SSSR count). The molecule has 0 bridgehead atoms. The topological polar surface area (TPSA) is 29.3 Å². The van der Waals surface area contributed by atoms with Crippen LogP contribution in [0.25, 0.3) is 0 Å². The first-order valence-electron chi connectivity index (χ1n) is 5.31. The van der Waals surface area contributed by atoms with Gasteiger partial charge in [0.25, 0.3) is 0 Å². The minimum Gasteiger partial charge on any atom is -0.395 e. The maximum Gasteiger partial charge on any atom is 0.405 e. The second kappa shape index (κ2) is 5.41. The third kappa shape index (κ3) is 3.75. The molecule has 102 valence electrons. The monoisotopic (exact) mass is 268 g/mol. The Morgan fingerprint density at radius 3 is 2.33 bits per heavy atom. The molecule has 0 spiro atoms. The summed E-state index contributed by atoms with van der Waals surface area (Å²) in [5.74, 6) is -2.02. The van der Waals surface area contributed by atoms with E-state index in [1.165, 1.54) is 0 Å². The minimum atomic E-state index is -4.47. The highest BCUT2D eigenvalue weighted by Gasteiger charge is 2.31. The molecule has 7 heteroatoms. The number of alkyl halides is 3. The van der Waals surface area contributed by atoms with Gasteiger partial charge in [-0.05, 0) is 12.5 Å². The minimum absolute atomic E-state index is 0.00655. The Morgan fingerprint density at radius 2 is 1.83 bits per heavy atom. The van der Waals surface area contributed by atoms with E-state index < -0.39 is 30.0 Å². The maximum atomic E-state index is 13.2. The Morgan fingerprint density at radius 1 is 1.22 bits per heavy atom. The molecule has 0 amide bonds. The number of anilines is 2. The van der Waals surface area contributed by atoms with Crippen molar-refractivity contribution in [3.8, 4) is 0 Å². The third-order valence-electron chi connectivity index (χ3n) is 2.28. The van der Waals surface area contributed by atoms with Crippen molar-refractivity contribution in [1.29, 1.82) is 0 Å². The van der Waals surface area contributed by atoms with Crippen LogP contribution in [0.1, 0.15) is 13.3 Å². The summed E-state index contributed by atoms with van der Waals surface area (Å²) >= 11 is 0. The van der Waals surface area contributed by atoms with Gasteiger partial charge in [-0.3, -0.25) is 0 Å². The Bertz CT molecular complexity index is 417. The van der Waals surface area contributed by atoms with Gasteiger partial charge in [0, 0.05) is 12.6 Å². The van der Waals surface area contributed by atoms with Gasteiger partial charge in [0.15, 0.2) is 5.82 Å². The molecule has 0 aromatic heterocycles. The molecule has 0 fully saturated rings. The van der Waals surface area contributed by atoms with Crippen LogP contribution in [0, 0.1) is 11.6 Å². The zero-order valence-corrected chi connectivity index (χ0v) is 9.69. The molecule has 1 aromatic carbocycles. The fourth-order valence-electron chi connectivity index (χ4n) is 1.60. The number of hydrogen-bond acceptors (Lipinski definition) is 2. The summed E-state index contributed by atoms with van der Waals surface area (Å²) in [5, 5.41) is 0. The fourth-order valence-corrected chi connectivity index (χ4v) is 1.60. The number of hydrogen-bond donors (Lipinski definition) is 1. The lowest BCUT2D eigenvalue weighted by Gasteiger charge is -2.26. The molecule has 18 heavy (non-hydrogen) atoms. The second-order valence-electron chi connectivity index (χ2n) is 3.86. The number of nitrogens with zero attached hydrogens (tertiary/aromatic N) is 1. The van der Waals surface area contributed by atoms with Crippen LogP contribution in [0.4, 0.5) is 33.3 Å². The van der Waals surface area contributed by atoms with Crippen LogP contribution < -0.4 is 10.6 Å². The van der Waals surface area contributed by atoms with Gasteiger partial charge in [0.2, 0.25) is 0 Å². The molecule has 0 saturated heterocycles. The summed E-state index contributed by atoms with van der Waals surface area (Å²) in [6, 6.07) is 1.34. The summed E-state index contributed by atoms with van der Waals surface area (Å²) in [5.41, 5.74) is 4.60. The van der Waals surface area contributed by atoms with Gasteiger partial charge in [-0.25, -0.2) is 8.78 Å². The first-order valence-corrected chi connectivity index (χ1v) is 5.31. The maximum absolute atomic E-state index is 13.2. The SMILES string of the molecule is CCCN(CC(F)(F)F)c1cc(F)cc(F)c1N. The van der Waals surface area contributed by atoms with Crippen molar-refractivity contribution in [3.05, 3.63) is 23.8 Å². The van der Waals surface area contributed by atoms with E-state index in [9.17, 15) is 22.0 Å². The summed E-state index contributed by atoms with van der Waals surface area (Å²) in [4.78, 5) is 0.821. The van der Waals surface area contributed by atoms with E-state index in [0.29, 0.717) is 12.5 Å². The molecular weight excluding hydrogens is 255 g/mol. The zero-order valence-electron chi connectivity index (χ0n) is 9.69. The molecular formula is C11H13F5N2. The van der Waals surface area contributed by atoms with E-state index in [4.69, 9.17) is 5.73 Å². The van der Waals surface area contributed by atoms with E-state index in [0.717, 1.165) is 11.0 Å². The Labute approximate surface area is 101 Å². The lowest BCUT2D eigenvalue weighted by molar-refractivity contribution is -0.119. The van der Waals surface area contributed by atoms with E-state index >= 15 is 0 Å². The van der Waals surface area contributed by atoms with Crippen molar-refractivity contribution in [3.63, 3.8) is 0 Å². The normalized spacial score (nSPS) is 11.7. The van der Waals surface area contributed by atoms with Crippen molar-refractivity contribution >= 4 is 11.4 Å². The Kier molecular flexibility index (Phi) is 4.37. The largest absolute Gasteiger partial charge is 0.405 e. The van der Waals surface area contributed by atoms with Crippen LogP contribution in [0.3, 0.4) is 0 Å². The first kappa shape index (κ1) is 14.5. The lowest BCUT2D eigenvalue weighted by atomic mass is 10.2. The summed E-state index contributed by atoms with van der Waals surface area (Å²) < 4.78 is 63.4. The van der Waals surface area contributed by atoms with E-state index in [1.807, 2.05) is 0 Å². The van der Waals surface area contributed by atoms with Gasteiger partial charge in [-0.15, -0.1) is 0 Å². The average Bonchev–Trinajstić information content (AvgIpc) is 2.21. The van der Waals surface area contributed by atoms with Gasteiger partial charge < -0.3 is 10.6 Å².